The molecule has 4 fully saturated rings. The second-order valence-corrected chi connectivity index (χ2v) is 8.93. The number of amides is 1. The van der Waals surface area contributed by atoms with Gasteiger partial charge in [-0.3, -0.25) is 14.9 Å². The Morgan fingerprint density at radius 2 is 1.83 bits per heavy atom. The van der Waals surface area contributed by atoms with Gasteiger partial charge in [-0.05, 0) is 74.7 Å². The van der Waals surface area contributed by atoms with Gasteiger partial charge in [0, 0.05) is 12.1 Å². The molecule has 5 nitrogen and oxygen atoms in total. The Bertz CT molecular complexity index is 619. The number of nitro groups is 1. The fourth-order valence-electron chi connectivity index (χ4n) is 5.68. The van der Waals surface area contributed by atoms with E-state index in [0.29, 0.717) is 4.88 Å². The zero-order chi connectivity index (χ0) is 16.2. The topological polar surface area (TPSA) is 72.2 Å². The first-order chi connectivity index (χ1) is 10.9. The van der Waals surface area contributed by atoms with Gasteiger partial charge < -0.3 is 5.32 Å². The molecule has 1 aromatic heterocycles. The highest BCUT2D eigenvalue weighted by molar-refractivity contribution is 7.17. The maximum atomic E-state index is 12.5. The molecule has 1 amide bonds. The second-order valence-electron chi connectivity index (χ2n) is 7.87. The van der Waals surface area contributed by atoms with Crippen molar-refractivity contribution in [1.29, 1.82) is 0 Å². The smallest absolute Gasteiger partial charge is 0.324 e. The quantitative estimate of drug-likeness (QED) is 0.668. The molecule has 0 unspecified atom stereocenters. The van der Waals surface area contributed by atoms with Crippen molar-refractivity contribution in [3.8, 4) is 0 Å². The summed E-state index contributed by atoms with van der Waals surface area (Å²) in [4.78, 5) is 23.2. The molecular formula is C17H22N2O3S. The van der Waals surface area contributed by atoms with E-state index in [4.69, 9.17) is 0 Å². The molecule has 6 heteroatoms. The Hall–Kier alpha value is -1.43. The van der Waals surface area contributed by atoms with E-state index in [9.17, 15) is 14.9 Å². The minimum atomic E-state index is -0.441. The van der Waals surface area contributed by atoms with Gasteiger partial charge in [-0.25, -0.2) is 0 Å². The Kier molecular flexibility index (Phi) is 3.48. The fraction of sp³-hybridized carbons (Fsp3) is 0.706. The highest BCUT2D eigenvalue weighted by Crippen LogP contribution is 2.61. The van der Waals surface area contributed by atoms with Crippen molar-refractivity contribution in [2.75, 3.05) is 0 Å². The summed E-state index contributed by atoms with van der Waals surface area (Å²) < 4.78 is 0. The number of carbonyl (C=O) groups is 1. The zero-order valence-corrected chi connectivity index (χ0v) is 14.1. The molecule has 1 atom stereocenters. The molecule has 0 saturated heterocycles. The summed E-state index contributed by atoms with van der Waals surface area (Å²) >= 11 is 0.957. The monoisotopic (exact) mass is 334 g/mol. The van der Waals surface area contributed by atoms with Crippen molar-refractivity contribution in [2.45, 2.75) is 51.5 Å². The number of rotatable bonds is 4. The van der Waals surface area contributed by atoms with Crippen LogP contribution in [0.2, 0.25) is 0 Å². The van der Waals surface area contributed by atoms with Crippen LogP contribution in [0.4, 0.5) is 5.00 Å². The maximum Gasteiger partial charge on any atom is 0.324 e. The van der Waals surface area contributed by atoms with Crippen molar-refractivity contribution in [3.05, 3.63) is 27.1 Å². The molecule has 5 rings (SSSR count). The molecule has 0 spiro atoms. The minimum Gasteiger partial charge on any atom is -0.348 e. The van der Waals surface area contributed by atoms with Crippen molar-refractivity contribution < 1.29 is 9.72 Å². The molecule has 1 heterocycles. The number of hydrogen-bond acceptors (Lipinski definition) is 4. The van der Waals surface area contributed by atoms with E-state index in [1.54, 1.807) is 6.07 Å². The van der Waals surface area contributed by atoms with E-state index in [2.05, 4.69) is 12.2 Å². The first kappa shape index (κ1) is 15.1. The Morgan fingerprint density at radius 3 is 2.30 bits per heavy atom. The average molecular weight is 334 g/mol. The first-order valence-electron chi connectivity index (χ1n) is 8.50. The Labute approximate surface area is 139 Å². The third-order valence-electron chi connectivity index (χ3n) is 6.35. The molecule has 0 aromatic carbocycles. The SMILES string of the molecule is C[C@H](NC(=O)c1ccc([N+](=O)[O-])s1)C12CC3CC(CC(C3)C1)C2. The summed E-state index contributed by atoms with van der Waals surface area (Å²) in [5.41, 5.74) is 0.258. The first-order valence-corrected chi connectivity index (χ1v) is 9.32. The molecule has 4 bridgehead atoms. The molecule has 0 aliphatic heterocycles. The van der Waals surface area contributed by atoms with E-state index < -0.39 is 4.92 Å². The molecule has 1 N–H and O–H groups in total. The summed E-state index contributed by atoms with van der Waals surface area (Å²) in [6, 6.07) is 3.11. The van der Waals surface area contributed by atoms with Gasteiger partial charge in [-0.15, -0.1) is 0 Å². The average Bonchev–Trinajstić information content (AvgIpc) is 2.95. The van der Waals surface area contributed by atoms with Gasteiger partial charge in [0.1, 0.15) is 0 Å². The van der Waals surface area contributed by atoms with Crippen molar-refractivity contribution in [1.82, 2.24) is 5.32 Å². The summed E-state index contributed by atoms with van der Waals surface area (Å²) in [5.74, 6) is 2.39. The van der Waals surface area contributed by atoms with Crippen LogP contribution in [-0.2, 0) is 0 Å². The molecule has 0 radical (unpaired) electrons. The molecular weight excluding hydrogens is 312 g/mol. The van der Waals surface area contributed by atoms with Crippen LogP contribution in [0.25, 0.3) is 0 Å². The van der Waals surface area contributed by atoms with E-state index in [0.717, 1.165) is 29.1 Å². The summed E-state index contributed by atoms with van der Waals surface area (Å²) in [5, 5.41) is 14.0. The Balaban J connectivity index is 1.48. The standard InChI is InChI=1S/C17H22N2O3S/c1-10(18-16(20)14-2-3-15(23-14)19(21)22)17-7-11-4-12(8-17)6-13(5-11)9-17/h2-3,10-13H,4-9H2,1H3,(H,18,20)/t10-,11?,12?,13?,17?/m0/s1. The van der Waals surface area contributed by atoms with E-state index in [1.165, 1.54) is 44.6 Å². The third-order valence-corrected chi connectivity index (χ3v) is 7.38. The van der Waals surface area contributed by atoms with Gasteiger partial charge >= 0.3 is 5.00 Å². The van der Waals surface area contributed by atoms with Crippen molar-refractivity contribution in [3.63, 3.8) is 0 Å². The molecule has 4 aliphatic carbocycles. The van der Waals surface area contributed by atoms with Crippen LogP contribution < -0.4 is 5.32 Å². The Morgan fingerprint density at radius 1 is 1.26 bits per heavy atom. The molecule has 4 aliphatic rings. The largest absolute Gasteiger partial charge is 0.348 e. The van der Waals surface area contributed by atoms with Crippen LogP contribution in [0, 0.1) is 33.3 Å². The lowest BCUT2D eigenvalue weighted by Gasteiger charge is -2.59. The van der Waals surface area contributed by atoms with Crippen LogP contribution in [0.3, 0.4) is 0 Å². The van der Waals surface area contributed by atoms with Crippen LogP contribution in [0.15, 0.2) is 12.1 Å². The zero-order valence-electron chi connectivity index (χ0n) is 13.3. The summed E-state index contributed by atoms with van der Waals surface area (Å²) in [6.07, 6.45) is 7.88. The minimum absolute atomic E-state index is 0.0256. The molecule has 124 valence electrons. The summed E-state index contributed by atoms with van der Waals surface area (Å²) in [7, 11) is 0. The lowest BCUT2D eigenvalue weighted by atomic mass is 9.48. The fourth-order valence-corrected chi connectivity index (χ4v) is 6.40. The second kappa shape index (κ2) is 5.30. The van der Waals surface area contributed by atoms with Crippen molar-refractivity contribution in [2.24, 2.45) is 23.2 Å². The van der Waals surface area contributed by atoms with E-state index in [-0.39, 0.29) is 22.4 Å². The van der Waals surface area contributed by atoms with Gasteiger partial charge in [0.2, 0.25) is 0 Å². The van der Waals surface area contributed by atoms with Gasteiger partial charge in [0.15, 0.2) is 0 Å². The number of nitrogens with zero attached hydrogens (tertiary/aromatic N) is 1. The molecule has 4 saturated carbocycles. The third kappa shape index (κ3) is 2.57. The predicted molar refractivity (Wildman–Crippen MR) is 88.5 cm³/mol. The van der Waals surface area contributed by atoms with Gasteiger partial charge in [-0.1, -0.05) is 11.3 Å². The summed E-state index contributed by atoms with van der Waals surface area (Å²) in [6.45, 7) is 2.13. The maximum absolute atomic E-state index is 12.5. The van der Waals surface area contributed by atoms with Crippen LogP contribution in [0.1, 0.15) is 55.1 Å². The lowest BCUT2D eigenvalue weighted by molar-refractivity contribution is -0.380. The number of nitrogens with one attached hydrogen (secondary N) is 1. The van der Waals surface area contributed by atoms with Gasteiger partial charge in [0.05, 0.1) is 9.80 Å². The van der Waals surface area contributed by atoms with E-state index >= 15 is 0 Å². The van der Waals surface area contributed by atoms with E-state index in [1.807, 2.05) is 0 Å². The number of thiophene rings is 1. The van der Waals surface area contributed by atoms with Gasteiger partial charge in [0.25, 0.3) is 5.91 Å². The van der Waals surface area contributed by atoms with Crippen LogP contribution in [-0.4, -0.2) is 16.9 Å². The van der Waals surface area contributed by atoms with Crippen LogP contribution in [0.5, 0.6) is 0 Å². The van der Waals surface area contributed by atoms with Crippen molar-refractivity contribution >= 4 is 22.2 Å². The molecule has 1 aromatic rings. The lowest BCUT2D eigenvalue weighted by Crippen LogP contribution is -2.55. The number of carbonyl (C=O) groups excluding carboxylic acids is 1. The molecule has 23 heavy (non-hydrogen) atoms. The van der Waals surface area contributed by atoms with Gasteiger partial charge in [-0.2, -0.15) is 0 Å². The normalized spacial score (nSPS) is 36.0. The highest BCUT2D eigenvalue weighted by Gasteiger charge is 2.53. The predicted octanol–water partition coefficient (Wildman–Crippen LogP) is 3.99. The highest BCUT2D eigenvalue weighted by atomic mass is 32.1. The number of hydrogen-bond donors (Lipinski definition) is 1. The van der Waals surface area contributed by atoms with Crippen LogP contribution >= 0.6 is 11.3 Å².